The van der Waals surface area contributed by atoms with E-state index in [-0.39, 0.29) is 11.8 Å². The second kappa shape index (κ2) is 9.62. The molecule has 4 nitrogen and oxygen atoms in total. The van der Waals surface area contributed by atoms with Gasteiger partial charge in [-0.2, -0.15) is 0 Å². The molecule has 0 fully saturated rings. The molecule has 0 heterocycles. The molecule has 1 aromatic rings. The van der Waals surface area contributed by atoms with Gasteiger partial charge in [0.2, 0.25) is 11.8 Å². The third-order valence-corrected chi connectivity index (χ3v) is 4.74. The third-order valence-electron chi connectivity index (χ3n) is 4.25. The Bertz CT molecular complexity index is 613. The summed E-state index contributed by atoms with van der Waals surface area (Å²) in [7, 11) is 0. The van der Waals surface area contributed by atoms with E-state index in [2.05, 4.69) is 27.3 Å². The Labute approximate surface area is 152 Å². The highest BCUT2D eigenvalue weighted by molar-refractivity contribution is 9.10. The molecule has 1 N–H and O–H groups in total. The first-order chi connectivity index (χ1) is 11.5. The Hall–Kier alpha value is -1.62. The number of nitrogens with zero attached hydrogens (tertiary/aromatic N) is 1. The van der Waals surface area contributed by atoms with Crippen LogP contribution >= 0.6 is 15.9 Å². The zero-order valence-electron chi connectivity index (χ0n) is 14.2. The number of allylic oxidation sites excluding steroid dienone is 1. The lowest BCUT2D eigenvalue weighted by Crippen LogP contribution is -2.33. The summed E-state index contributed by atoms with van der Waals surface area (Å²) in [6.07, 6.45) is 8.37. The minimum absolute atomic E-state index is 0.0293. The van der Waals surface area contributed by atoms with Crippen molar-refractivity contribution in [3.05, 3.63) is 40.4 Å². The van der Waals surface area contributed by atoms with E-state index in [9.17, 15) is 9.59 Å². The molecule has 0 bridgehead atoms. The molecule has 0 atom stereocenters. The van der Waals surface area contributed by atoms with Crippen molar-refractivity contribution in [3.63, 3.8) is 0 Å². The van der Waals surface area contributed by atoms with E-state index in [1.165, 1.54) is 18.4 Å². The van der Waals surface area contributed by atoms with Gasteiger partial charge in [0, 0.05) is 36.6 Å². The van der Waals surface area contributed by atoms with E-state index in [1.807, 2.05) is 24.3 Å². The number of rotatable bonds is 7. The molecule has 2 amide bonds. The molecule has 0 aliphatic heterocycles. The normalized spacial score (nSPS) is 14.0. The Morgan fingerprint density at radius 1 is 1.25 bits per heavy atom. The Morgan fingerprint density at radius 3 is 2.75 bits per heavy atom. The zero-order valence-corrected chi connectivity index (χ0v) is 15.8. The lowest BCUT2D eigenvalue weighted by Gasteiger charge is -2.22. The van der Waals surface area contributed by atoms with Crippen molar-refractivity contribution in [2.45, 2.75) is 45.4 Å². The number of nitrogens with one attached hydrogen (secondary N) is 1. The van der Waals surface area contributed by atoms with Gasteiger partial charge in [0.1, 0.15) is 0 Å². The van der Waals surface area contributed by atoms with E-state index in [4.69, 9.17) is 0 Å². The van der Waals surface area contributed by atoms with Crippen LogP contribution in [0, 0.1) is 0 Å². The third kappa shape index (κ3) is 6.48. The van der Waals surface area contributed by atoms with Crippen molar-refractivity contribution < 1.29 is 9.59 Å². The van der Waals surface area contributed by atoms with E-state index in [0.29, 0.717) is 19.5 Å². The van der Waals surface area contributed by atoms with Crippen molar-refractivity contribution in [3.8, 4) is 0 Å². The summed E-state index contributed by atoms with van der Waals surface area (Å²) in [5, 5.41) is 2.86. The largest absolute Gasteiger partial charge is 0.342 e. The van der Waals surface area contributed by atoms with Crippen LogP contribution in [0.15, 0.2) is 40.4 Å². The number of amides is 2. The second-order valence-electron chi connectivity index (χ2n) is 6.17. The highest BCUT2D eigenvalue weighted by Crippen LogP contribution is 2.20. The van der Waals surface area contributed by atoms with E-state index < -0.39 is 0 Å². The lowest BCUT2D eigenvalue weighted by molar-refractivity contribution is -0.129. The van der Waals surface area contributed by atoms with Gasteiger partial charge in [-0.3, -0.25) is 9.59 Å². The fourth-order valence-corrected chi connectivity index (χ4v) is 3.26. The van der Waals surface area contributed by atoms with E-state index in [0.717, 1.165) is 29.4 Å². The van der Waals surface area contributed by atoms with Crippen LogP contribution in [0.5, 0.6) is 0 Å². The fraction of sp³-hybridized carbons (Fsp3) is 0.474. The smallest absolute Gasteiger partial charge is 0.226 e. The average Bonchev–Trinajstić information content (AvgIpc) is 2.55. The molecule has 1 aliphatic carbocycles. The molecule has 24 heavy (non-hydrogen) atoms. The molecule has 2 rings (SSSR count). The highest BCUT2D eigenvalue weighted by Gasteiger charge is 2.13. The minimum atomic E-state index is -0.0729. The summed E-state index contributed by atoms with van der Waals surface area (Å²) < 4.78 is 0.923. The van der Waals surface area contributed by atoms with E-state index in [1.54, 1.807) is 11.8 Å². The Balaban J connectivity index is 1.78. The van der Waals surface area contributed by atoms with Crippen LogP contribution in [0.25, 0.3) is 0 Å². The molecule has 5 heteroatoms. The molecule has 1 aliphatic rings. The molecule has 130 valence electrons. The number of hydrogen-bond acceptors (Lipinski definition) is 2. The van der Waals surface area contributed by atoms with Crippen LogP contribution in [0.4, 0.5) is 5.69 Å². The van der Waals surface area contributed by atoms with Crippen molar-refractivity contribution in [1.82, 2.24) is 4.90 Å². The maximum Gasteiger partial charge on any atom is 0.226 e. The molecule has 0 aromatic heterocycles. The fourth-order valence-electron chi connectivity index (χ4n) is 2.86. The predicted molar refractivity (Wildman–Crippen MR) is 101 cm³/mol. The van der Waals surface area contributed by atoms with Gasteiger partial charge >= 0.3 is 0 Å². The van der Waals surface area contributed by atoms with Crippen LogP contribution < -0.4 is 5.32 Å². The van der Waals surface area contributed by atoms with Crippen molar-refractivity contribution in [2.75, 3.05) is 18.4 Å². The molecular formula is C19H25BrN2O2. The summed E-state index contributed by atoms with van der Waals surface area (Å²) in [4.78, 5) is 25.7. The number of carbonyl (C=O) groups is 2. The quantitative estimate of drug-likeness (QED) is 0.693. The van der Waals surface area contributed by atoms with Crippen LogP contribution in [0.1, 0.15) is 45.4 Å². The second-order valence-corrected chi connectivity index (χ2v) is 7.09. The highest BCUT2D eigenvalue weighted by atomic mass is 79.9. The van der Waals surface area contributed by atoms with Crippen molar-refractivity contribution in [1.29, 1.82) is 0 Å². The number of hydrogen-bond donors (Lipinski definition) is 1. The molecule has 0 unspecified atom stereocenters. The molecule has 0 spiro atoms. The predicted octanol–water partition coefficient (Wildman–Crippen LogP) is 4.52. The van der Waals surface area contributed by atoms with Gasteiger partial charge in [0.25, 0.3) is 0 Å². The summed E-state index contributed by atoms with van der Waals surface area (Å²) in [6, 6.07) is 7.49. The zero-order chi connectivity index (χ0) is 17.4. The van der Waals surface area contributed by atoms with Gasteiger partial charge in [-0.25, -0.2) is 0 Å². The lowest BCUT2D eigenvalue weighted by atomic mass is 9.97. The molecular weight excluding hydrogens is 368 g/mol. The Kier molecular flexibility index (Phi) is 7.50. The van der Waals surface area contributed by atoms with Crippen molar-refractivity contribution in [2.24, 2.45) is 0 Å². The van der Waals surface area contributed by atoms with Gasteiger partial charge in [-0.1, -0.05) is 33.6 Å². The summed E-state index contributed by atoms with van der Waals surface area (Å²) in [6.45, 7) is 2.73. The van der Waals surface area contributed by atoms with Gasteiger partial charge in [0.15, 0.2) is 0 Å². The molecule has 0 radical (unpaired) electrons. The Morgan fingerprint density at radius 2 is 2.08 bits per heavy atom. The first-order valence-electron chi connectivity index (χ1n) is 8.53. The number of halogens is 1. The summed E-state index contributed by atoms with van der Waals surface area (Å²) in [5.41, 5.74) is 2.21. The standard InChI is InChI=1S/C19H25BrN2O2/c1-15(23)22(12-10-16-6-3-2-4-7-16)13-11-19(24)21-18-9-5-8-17(20)14-18/h5-6,8-9,14H,2-4,7,10-13H2,1H3,(H,21,24). The van der Waals surface area contributed by atoms with Crippen LogP contribution in [-0.4, -0.2) is 29.8 Å². The number of benzene rings is 1. The SMILES string of the molecule is CC(=O)N(CCC(=O)Nc1cccc(Br)c1)CCC1=CCCCC1. The first kappa shape index (κ1) is 18.7. The number of anilines is 1. The van der Waals surface area contributed by atoms with E-state index >= 15 is 0 Å². The topological polar surface area (TPSA) is 49.4 Å². The van der Waals surface area contributed by atoms with Gasteiger partial charge < -0.3 is 10.2 Å². The van der Waals surface area contributed by atoms with Crippen LogP contribution in [0.2, 0.25) is 0 Å². The minimum Gasteiger partial charge on any atom is -0.342 e. The molecule has 1 aromatic carbocycles. The maximum atomic E-state index is 12.1. The first-order valence-corrected chi connectivity index (χ1v) is 9.33. The molecule has 0 saturated heterocycles. The summed E-state index contributed by atoms with van der Waals surface area (Å²) in [5.74, 6) is -0.0436. The van der Waals surface area contributed by atoms with Gasteiger partial charge in [-0.15, -0.1) is 0 Å². The van der Waals surface area contributed by atoms with Gasteiger partial charge in [0.05, 0.1) is 0 Å². The van der Waals surface area contributed by atoms with Crippen molar-refractivity contribution >= 4 is 33.4 Å². The van der Waals surface area contributed by atoms with Gasteiger partial charge in [-0.05, 0) is 50.3 Å². The monoisotopic (exact) mass is 392 g/mol. The summed E-state index contributed by atoms with van der Waals surface area (Å²) >= 11 is 3.38. The van der Waals surface area contributed by atoms with Crippen LogP contribution in [0.3, 0.4) is 0 Å². The number of carbonyl (C=O) groups excluding carboxylic acids is 2. The average molecular weight is 393 g/mol. The van der Waals surface area contributed by atoms with Crippen LogP contribution in [-0.2, 0) is 9.59 Å². The molecule has 0 saturated carbocycles. The maximum absolute atomic E-state index is 12.1.